The monoisotopic (exact) mass is 642 g/mol. The number of methoxy groups -OCH3 is 1. The maximum atomic E-state index is 13.8. The zero-order valence-corrected chi connectivity index (χ0v) is 25.0. The molecule has 0 aromatic carbocycles. The van der Waals surface area contributed by atoms with Crippen LogP contribution in [0.25, 0.3) is 0 Å². The van der Waals surface area contributed by atoms with Crippen LogP contribution in [0.2, 0.25) is 0 Å². The largest absolute Gasteiger partial charge is 0.467 e. The number of carbonyl (C=O) groups excluding carboxylic acids is 4. The molecule has 3 aliphatic heterocycles. The van der Waals surface area contributed by atoms with Gasteiger partial charge in [0.15, 0.2) is 11.5 Å². The van der Waals surface area contributed by atoms with E-state index in [4.69, 9.17) is 28.4 Å². The number of ether oxygens (including phenoxy) is 6. The fourth-order valence-corrected chi connectivity index (χ4v) is 9.46. The van der Waals surface area contributed by atoms with Crippen LogP contribution in [0.1, 0.15) is 33.6 Å². The number of rotatable bonds is 5. The summed E-state index contributed by atoms with van der Waals surface area (Å²) in [4.78, 5) is 52.8. The molecule has 1 spiro atoms. The summed E-state index contributed by atoms with van der Waals surface area (Å²) in [5.74, 6) is -6.73. The van der Waals surface area contributed by atoms with Crippen molar-refractivity contribution in [1.82, 2.24) is 0 Å². The number of ketones is 1. The number of carbonyl (C=O) groups is 4. The molecule has 3 heterocycles. The lowest BCUT2D eigenvalue weighted by Gasteiger charge is -2.67. The lowest BCUT2D eigenvalue weighted by Crippen LogP contribution is -2.79. The fourth-order valence-electron chi connectivity index (χ4n) is 9.46. The topological polar surface area (TPSA) is 245 Å². The molecule has 0 unspecified atom stereocenters. The second-order valence-electron chi connectivity index (χ2n) is 13.3. The van der Waals surface area contributed by atoms with Gasteiger partial charge < -0.3 is 59.1 Å². The fraction of sp³-hybridized carbons (Fsp3) is 0.793. The molecular formula is C29H38O16. The Balaban J connectivity index is 1.45. The molecule has 3 saturated heterocycles. The van der Waals surface area contributed by atoms with E-state index in [2.05, 4.69) is 0 Å². The van der Waals surface area contributed by atoms with E-state index in [0.29, 0.717) is 5.57 Å². The van der Waals surface area contributed by atoms with Gasteiger partial charge in [-0.2, -0.15) is 0 Å². The number of hydrogen-bond donors (Lipinski definition) is 6. The molecule has 0 aromatic rings. The van der Waals surface area contributed by atoms with Crippen LogP contribution >= 0.6 is 0 Å². The van der Waals surface area contributed by atoms with Crippen LogP contribution in [0.15, 0.2) is 11.3 Å². The van der Waals surface area contributed by atoms with E-state index >= 15 is 0 Å². The van der Waals surface area contributed by atoms with E-state index in [-0.39, 0.29) is 25.2 Å². The highest BCUT2D eigenvalue weighted by molar-refractivity contribution is 5.96. The summed E-state index contributed by atoms with van der Waals surface area (Å²) in [6.07, 6.45) is -14.7. The third-order valence-corrected chi connectivity index (χ3v) is 11.2. The van der Waals surface area contributed by atoms with Gasteiger partial charge in [0.1, 0.15) is 36.6 Å². The van der Waals surface area contributed by atoms with Gasteiger partial charge in [0.05, 0.1) is 32.3 Å². The molecule has 3 aliphatic carbocycles. The van der Waals surface area contributed by atoms with Crippen molar-refractivity contribution in [3.63, 3.8) is 0 Å². The highest BCUT2D eigenvalue weighted by atomic mass is 16.7. The molecule has 0 radical (unpaired) electrons. The predicted octanol–water partition coefficient (Wildman–Crippen LogP) is -3.17. The Morgan fingerprint density at radius 3 is 2.33 bits per heavy atom. The summed E-state index contributed by atoms with van der Waals surface area (Å²) in [7, 11) is 1.05. The number of aliphatic hydroxyl groups is 6. The van der Waals surface area contributed by atoms with Crippen LogP contribution in [0, 0.1) is 28.6 Å². The molecule has 15 atom stereocenters. The predicted molar refractivity (Wildman–Crippen MR) is 141 cm³/mol. The molecule has 6 rings (SSSR count). The van der Waals surface area contributed by atoms with Crippen molar-refractivity contribution in [2.24, 2.45) is 28.6 Å². The number of hydrogen-bond acceptors (Lipinski definition) is 16. The Morgan fingerprint density at radius 2 is 1.71 bits per heavy atom. The van der Waals surface area contributed by atoms with Gasteiger partial charge in [-0.25, -0.2) is 9.59 Å². The Morgan fingerprint density at radius 1 is 1.02 bits per heavy atom. The molecule has 6 aliphatic rings. The summed E-state index contributed by atoms with van der Waals surface area (Å²) in [5.41, 5.74) is -4.52. The van der Waals surface area contributed by atoms with E-state index in [9.17, 15) is 49.8 Å². The molecule has 250 valence electrons. The van der Waals surface area contributed by atoms with Crippen LogP contribution < -0.4 is 0 Å². The third kappa shape index (κ3) is 4.06. The molecule has 0 amide bonds. The number of esters is 3. The molecule has 2 saturated carbocycles. The molecular weight excluding hydrogens is 604 g/mol. The minimum absolute atomic E-state index is 0.0477. The molecule has 0 aromatic heterocycles. The van der Waals surface area contributed by atoms with Crippen molar-refractivity contribution in [1.29, 1.82) is 0 Å². The van der Waals surface area contributed by atoms with E-state index in [1.54, 1.807) is 13.8 Å². The van der Waals surface area contributed by atoms with Crippen LogP contribution in [0.4, 0.5) is 0 Å². The lowest BCUT2D eigenvalue weighted by atomic mass is 9.38. The number of fused-ring (bicyclic) bond motifs is 2. The van der Waals surface area contributed by atoms with Gasteiger partial charge in [0.25, 0.3) is 0 Å². The lowest BCUT2D eigenvalue weighted by molar-refractivity contribution is -0.296. The van der Waals surface area contributed by atoms with Gasteiger partial charge in [-0.05, 0) is 30.3 Å². The van der Waals surface area contributed by atoms with Crippen LogP contribution in [-0.4, -0.2) is 135 Å². The Bertz CT molecular complexity index is 1330. The standard InChI is InChI=1S/C29H38O16/c1-9-11-5-14-28-8-41-29(26(39)40-4,22(28)20(24(38)44-14)42-10(2)31)23(37)18(36)21(28)27(11,3)6-12(32)19(9)45-25-17(35)16(34)15(33)13(7-30)43-25/h11,13-18,20-23,25,30,33-37H,5-8H2,1-4H3/t11-,13+,14+,15+,16-,17+,18+,20+,21+,22+,23-,25+,27-,28+,29-/m0/s1. The van der Waals surface area contributed by atoms with Crippen molar-refractivity contribution in [2.75, 3.05) is 20.3 Å². The zero-order chi connectivity index (χ0) is 33.0. The van der Waals surface area contributed by atoms with Crippen molar-refractivity contribution in [2.45, 2.75) is 94.3 Å². The first-order valence-electron chi connectivity index (χ1n) is 14.8. The van der Waals surface area contributed by atoms with Gasteiger partial charge in [-0.1, -0.05) is 6.92 Å². The second-order valence-corrected chi connectivity index (χ2v) is 13.3. The first-order valence-corrected chi connectivity index (χ1v) is 14.8. The summed E-state index contributed by atoms with van der Waals surface area (Å²) in [5, 5.41) is 63.9. The van der Waals surface area contributed by atoms with Crippen molar-refractivity contribution in [3.05, 3.63) is 11.3 Å². The summed E-state index contributed by atoms with van der Waals surface area (Å²) in [6.45, 7) is 3.37. The van der Waals surface area contributed by atoms with Gasteiger partial charge >= 0.3 is 17.9 Å². The molecule has 5 fully saturated rings. The first kappa shape index (κ1) is 32.2. The molecule has 6 N–H and O–H groups in total. The molecule has 2 bridgehead atoms. The van der Waals surface area contributed by atoms with E-state index in [1.165, 1.54) is 0 Å². The van der Waals surface area contributed by atoms with Crippen molar-refractivity contribution < 1.29 is 78.2 Å². The maximum absolute atomic E-state index is 13.8. The summed E-state index contributed by atoms with van der Waals surface area (Å²) >= 11 is 0. The average molecular weight is 643 g/mol. The minimum atomic E-state index is -2.29. The zero-order valence-electron chi connectivity index (χ0n) is 25.0. The second kappa shape index (κ2) is 10.7. The quantitative estimate of drug-likeness (QED) is 0.128. The SMILES string of the molecule is COC(=O)[C@@]12OC[C@]34[C@H]([C@@H](O)[C@@H]1O)[C@@]1(C)CC(=O)C(O[C@H]5O[C@H](CO)[C@@H](O)[C@H](O)[C@H]5O)=C(C)[C@@H]1C[C@H]3OC(=O)[C@H](OC(C)=O)[C@@H]24. The van der Waals surface area contributed by atoms with Gasteiger partial charge in [-0.15, -0.1) is 0 Å². The Kier molecular flexibility index (Phi) is 7.64. The number of aliphatic hydroxyl groups excluding tert-OH is 6. The summed E-state index contributed by atoms with van der Waals surface area (Å²) < 4.78 is 33.6. The number of allylic oxidation sites excluding steroid dienone is 2. The van der Waals surface area contributed by atoms with Gasteiger partial charge in [0, 0.05) is 24.7 Å². The van der Waals surface area contributed by atoms with Gasteiger partial charge in [0.2, 0.25) is 18.0 Å². The maximum Gasteiger partial charge on any atom is 0.348 e. The van der Waals surface area contributed by atoms with Crippen LogP contribution in [0.5, 0.6) is 0 Å². The molecule has 16 nitrogen and oxygen atoms in total. The van der Waals surface area contributed by atoms with Gasteiger partial charge in [-0.3, -0.25) is 9.59 Å². The summed E-state index contributed by atoms with van der Waals surface area (Å²) in [6, 6.07) is 0. The van der Waals surface area contributed by atoms with Crippen LogP contribution in [0.3, 0.4) is 0 Å². The smallest absolute Gasteiger partial charge is 0.348 e. The highest BCUT2D eigenvalue weighted by Gasteiger charge is 2.85. The van der Waals surface area contributed by atoms with E-state index < -0.39 is 120 Å². The highest BCUT2D eigenvalue weighted by Crippen LogP contribution is 2.73. The van der Waals surface area contributed by atoms with Crippen molar-refractivity contribution >= 4 is 23.7 Å². The normalized spacial score (nSPS) is 50.3. The minimum Gasteiger partial charge on any atom is -0.467 e. The molecule has 45 heavy (non-hydrogen) atoms. The van der Waals surface area contributed by atoms with Crippen molar-refractivity contribution in [3.8, 4) is 0 Å². The van der Waals surface area contributed by atoms with Crippen LogP contribution in [-0.2, 0) is 47.6 Å². The Labute approximate surface area is 256 Å². The first-order chi connectivity index (χ1) is 21.1. The molecule has 16 heteroatoms. The average Bonchev–Trinajstić information content (AvgIpc) is 3.29. The van der Waals surface area contributed by atoms with E-state index in [0.717, 1.165) is 14.0 Å². The Hall–Kier alpha value is -2.70. The number of Topliss-reactive ketones (excluding diaryl/α,β-unsaturated/α-hetero) is 1. The third-order valence-electron chi connectivity index (χ3n) is 11.2. The van der Waals surface area contributed by atoms with E-state index in [1.807, 2.05) is 0 Å².